The highest BCUT2D eigenvalue weighted by molar-refractivity contribution is 9.10. The molecule has 1 heterocycles. The third kappa shape index (κ3) is 2.20. The van der Waals surface area contributed by atoms with Crippen molar-refractivity contribution in [3.05, 3.63) is 28.6 Å². The van der Waals surface area contributed by atoms with Crippen LogP contribution in [0.15, 0.2) is 27.1 Å². The van der Waals surface area contributed by atoms with Crippen molar-refractivity contribution in [2.75, 3.05) is 7.11 Å². The second-order valence-corrected chi connectivity index (χ2v) is 4.16. The van der Waals surface area contributed by atoms with Crippen LogP contribution < -0.4 is 4.74 Å². The largest absolute Gasteiger partial charge is 0.496 e. The molecule has 6 heteroatoms. The Morgan fingerprint density at radius 3 is 2.88 bits per heavy atom. The maximum absolute atomic E-state index is 5.59. The minimum Gasteiger partial charge on any atom is -0.496 e. The Labute approximate surface area is 106 Å². The Bertz CT molecular complexity index is 501. The lowest BCUT2D eigenvalue weighted by molar-refractivity contribution is 0.413. The highest BCUT2D eigenvalue weighted by atomic mass is 79.9. The van der Waals surface area contributed by atoms with Crippen molar-refractivity contribution in [1.82, 2.24) is 10.2 Å². The molecule has 0 spiro atoms. The Hall–Kier alpha value is -1.07. The summed E-state index contributed by atoms with van der Waals surface area (Å²) in [5.74, 6) is 1.66. The Balaban J connectivity index is 2.46. The molecular formula is C10H8BrClN2O2. The number of alkyl halides is 1. The molecule has 0 saturated carbocycles. The second kappa shape index (κ2) is 4.84. The zero-order chi connectivity index (χ0) is 11.5. The first-order chi connectivity index (χ1) is 7.74. The van der Waals surface area contributed by atoms with Gasteiger partial charge in [-0.15, -0.1) is 21.8 Å². The van der Waals surface area contributed by atoms with Crippen molar-refractivity contribution >= 4 is 27.5 Å². The lowest BCUT2D eigenvalue weighted by atomic mass is 10.2. The van der Waals surface area contributed by atoms with Crippen molar-refractivity contribution in [2.45, 2.75) is 5.88 Å². The van der Waals surface area contributed by atoms with Crippen LogP contribution in [0.25, 0.3) is 11.5 Å². The molecule has 0 aliphatic heterocycles. The molecule has 0 aliphatic rings. The van der Waals surface area contributed by atoms with Crippen molar-refractivity contribution in [3.8, 4) is 17.2 Å². The summed E-state index contributed by atoms with van der Waals surface area (Å²) in [4.78, 5) is 0. The van der Waals surface area contributed by atoms with Gasteiger partial charge in [-0.25, -0.2) is 0 Å². The van der Waals surface area contributed by atoms with E-state index in [4.69, 9.17) is 20.8 Å². The number of benzene rings is 1. The van der Waals surface area contributed by atoms with E-state index in [-0.39, 0.29) is 5.88 Å². The second-order valence-electron chi connectivity index (χ2n) is 2.98. The van der Waals surface area contributed by atoms with Crippen LogP contribution in [0, 0.1) is 0 Å². The van der Waals surface area contributed by atoms with Gasteiger partial charge in [0.1, 0.15) is 11.6 Å². The molecule has 0 aliphatic carbocycles. The summed E-state index contributed by atoms with van der Waals surface area (Å²) in [6, 6.07) is 5.55. The van der Waals surface area contributed by atoms with Gasteiger partial charge in [-0.2, -0.15) is 0 Å². The van der Waals surface area contributed by atoms with Crippen LogP contribution in [0.5, 0.6) is 5.75 Å². The first-order valence-corrected chi connectivity index (χ1v) is 5.79. The van der Waals surface area contributed by atoms with E-state index < -0.39 is 0 Å². The maximum atomic E-state index is 5.59. The molecular weight excluding hydrogens is 295 g/mol. The number of rotatable bonds is 3. The van der Waals surface area contributed by atoms with Crippen LogP contribution in [-0.4, -0.2) is 17.3 Å². The lowest BCUT2D eigenvalue weighted by Crippen LogP contribution is -1.88. The molecule has 1 aromatic carbocycles. The molecule has 0 unspecified atom stereocenters. The van der Waals surface area contributed by atoms with E-state index >= 15 is 0 Å². The van der Waals surface area contributed by atoms with Gasteiger partial charge < -0.3 is 9.15 Å². The summed E-state index contributed by atoms with van der Waals surface area (Å²) >= 11 is 8.95. The van der Waals surface area contributed by atoms with E-state index in [1.165, 1.54) is 0 Å². The summed E-state index contributed by atoms with van der Waals surface area (Å²) in [7, 11) is 1.59. The van der Waals surface area contributed by atoms with Gasteiger partial charge in [0.25, 0.3) is 5.89 Å². The van der Waals surface area contributed by atoms with Crippen LogP contribution >= 0.6 is 27.5 Å². The van der Waals surface area contributed by atoms with Crippen molar-refractivity contribution in [1.29, 1.82) is 0 Å². The average molecular weight is 304 g/mol. The average Bonchev–Trinajstić information content (AvgIpc) is 2.77. The van der Waals surface area contributed by atoms with Crippen LogP contribution in [0.4, 0.5) is 0 Å². The van der Waals surface area contributed by atoms with Gasteiger partial charge in [0.15, 0.2) is 0 Å². The Morgan fingerprint density at radius 2 is 2.25 bits per heavy atom. The molecule has 1 aromatic heterocycles. The summed E-state index contributed by atoms with van der Waals surface area (Å²) < 4.78 is 11.5. The minimum absolute atomic E-state index is 0.200. The normalized spacial score (nSPS) is 10.4. The molecule has 0 bridgehead atoms. The zero-order valence-electron chi connectivity index (χ0n) is 8.41. The first kappa shape index (κ1) is 11.4. The molecule has 0 radical (unpaired) electrons. The predicted octanol–water partition coefficient (Wildman–Crippen LogP) is 3.25. The first-order valence-electron chi connectivity index (χ1n) is 4.47. The van der Waals surface area contributed by atoms with Gasteiger partial charge in [0.05, 0.1) is 12.7 Å². The molecule has 0 atom stereocenters. The van der Waals surface area contributed by atoms with E-state index in [1.807, 2.05) is 18.2 Å². The minimum atomic E-state index is 0.200. The molecule has 2 aromatic rings. The molecule has 0 fully saturated rings. The van der Waals surface area contributed by atoms with E-state index in [1.54, 1.807) is 7.11 Å². The smallest absolute Gasteiger partial charge is 0.251 e. The number of ether oxygens (including phenoxy) is 1. The van der Waals surface area contributed by atoms with Gasteiger partial charge in [0, 0.05) is 4.47 Å². The third-order valence-corrected chi connectivity index (χ3v) is 2.70. The van der Waals surface area contributed by atoms with E-state index in [0.29, 0.717) is 17.5 Å². The number of hydrogen-bond donors (Lipinski definition) is 0. The van der Waals surface area contributed by atoms with Gasteiger partial charge in [-0.05, 0) is 18.2 Å². The predicted molar refractivity (Wildman–Crippen MR) is 63.5 cm³/mol. The molecule has 16 heavy (non-hydrogen) atoms. The van der Waals surface area contributed by atoms with E-state index in [0.717, 1.165) is 10.0 Å². The van der Waals surface area contributed by atoms with Gasteiger partial charge in [0.2, 0.25) is 5.89 Å². The zero-order valence-corrected chi connectivity index (χ0v) is 10.7. The molecule has 0 N–H and O–H groups in total. The fraction of sp³-hybridized carbons (Fsp3) is 0.200. The highest BCUT2D eigenvalue weighted by Crippen LogP contribution is 2.31. The fourth-order valence-corrected chi connectivity index (χ4v) is 1.71. The van der Waals surface area contributed by atoms with E-state index in [2.05, 4.69) is 26.1 Å². The standard InChI is InChI=1S/C10H8BrClN2O2/c1-15-8-4-6(11)2-3-7(8)10-14-13-9(5-12)16-10/h2-4H,5H2,1H3. The SMILES string of the molecule is COc1cc(Br)ccc1-c1nnc(CCl)o1. The molecule has 84 valence electrons. The summed E-state index contributed by atoms with van der Waals surface area (Å²) in [5, 5.41) is 7.69. The highest BCUT2D eigenvalue weighted by Gasteiger charge is 2.13. The Morgan fingerprint density at radius 1 is 1.44 bits per heavy atom. The monoisotopic (exact) mass is 302 g/mol. The van der Waals surface area contributed by atoms with Gasteiger partial charge in [-0.3, -0.25) is 0 Å². The molecule has 4 nitrogen and oxygen atoms in total. The molecule has 2 rings (SSSR count). The summed E-state index contributed by atoms with van der Waals surface area (Å²) in [6.45, 7) is 0. The quantitative estimate of drug-likeness (QED) is 0.817. The van der Waals surface area contributed by atoms with Crippen molar-refractivity contribution in [2.24, 2.45) is 0 Å². The summed E-state index contributed by atoms with van der Waals surface area (Å²) in [6.07, 6.45) is 0. The van der Waals surface area contributed by atoms with Crippen LogP contribution in [0.1, 0.15) is 5.89 Å². The Kier molecular flexibility index (Phi) is 3.46. The van der Waals surface area contributed by atoms with Crippen molar-refractivity contribution < 1.29 is 9.15 Å². The molecule has 0 amide bonds. The lowest BCUT2D eigenvalue weighted by Gasteiger charge is -2.04. The summed E-state index contributed by atoms with van der Waals surface area (Å²) in [5.41, 5.74) is 0.745. The van der Waals surface area contributed by atoms with E-state index in [9.17, 15) is 0 Å². The van der Waals surface area contributed by atoms with Crippen LogP contribution in [0.3, 0.4) is 0 Å². The number of halogens is 2. The van der Waals surface area contributed by atoms with Gasteiger partial charge >= 0.3 is 0 Å². The van der Waals surface area contributed by atoms with Crippen LogP contribution in [-0.2, 0) is 5.88 Å². The fourth-order valence-electron chi connectivity index (χ4n) is 1.26. The molecule has 0 saturated heterocycles. The van der Waals surface area contributed by atoms with Gasteiger partial charge in [-0.1, -0.05) is 15.9 Å². The number of hydrogen-bond acceptors (Lipinski definition) is 4. The van der Waals surface area contributed by atoms with Crippen LogP contribution in [0.2, 0.25) is 0 Å². The topological polar surface area (TPSA) is 48.2 Å². The number of aromatic nitrogens is 2. The van der Waals surface area contributed by atoms with Crippen molar-refractivity contribution in [3.63, 3.8) is 0 Å². The number of nitrogens with zero attached hydrogens (tertiary/aromatic N) is 2. The number of methoxy groups -OCH3 is 1. The maximum Gasteiger partial charge on any atom is 0.251 e. The third-order valence-electron chi connectivity index (χ3n) is 1.98.